The second kappa shape index (κ2) is 12.3. The lowest BCUT2D eigenvalue weighted by Crippen LogP contribution is -2.45. The molecule has 9 heteroatoms. The smallest absolute Gasteiger partial charge is 0.307 e. The molecule has 190 valence electrons. The molecule has 2 heterocycles. The Bertz CT molecular complexity index is 665. The average molecular weight is 472 g/mol. The second-order valence-electron chi connectivity index (χ2n) is 9.52. The van der Waals surface area contributed by atoms with E-state index in [1.54, 1.807) is 27.7 Å². The summed E-state index contributed by atoms with van der Waals surface area (Å²) < 4.78 is 35.1. The third-order valence-corrected chi connectivity index (χ3v) is 5.45. The van der Waals surface area contributed by atoms with Crippen LogP contribution in [0.1, 0.15) is 60.3 Å². The van der Waals surface area contributed by atoms with Crippen LogP contribution in [-0.4, -0.2) is 86.2 Å². The van der Waals surface area contributed by atoms with E-state index in [1.807, 2.05) is 20.0 Å². The van der Waals surface area contributed by atoms with Crippen molar-refractivity contribution >= 4 is 11.9 Å². The van der Waals surface area contributed by atoms with E-state index in [-0.39, 0.29) is 31.6 Å². The molecule has 0 saturated carbocycles. The lowest BCUT2D eigenvalue weighted by Gasteiger charge is -2.26. The third kappa shape index (κ3) is 8.98. The molecule has 0 amide bonds. The molecule has 4 atom stereocenters. The van der Waals surface area contributed by atoms with Crippen LogP contribution in [0.4, 0.5) is 0 Å². The Balaban J connectivity index is 1.96. The first-order valence-electron chi connectivity index (χ1n) is 11.8. The number of hydrogen-bond donors (Lipinski definition) is 0. The zero-order valence-electron chi connectivity index (χ0n) is 21.0. The molecule has 2 aliphatic heterocycles. The van der Waals surface area contributed by atoms with Gasteiger partial charge in [-0.25, -0.2) is 0 Å². The van der Waals surface area contributed by atoms with Crippen LogP contribution in [-0.2, 0) is 38.0 Å². The summed E-state index contributed by atoms with van der Waals surface area (Å²) in [5.74, 6) is -2.34. The molecule has 0 bridgehead atoms. The van der Waals surface area contributed by atoms with Crippen molar-refractivity contribution in [2.75, 3.05) is 33.4 Å². The molecule has 9 nitrogen and oxygen atoms in total. The molecule has 2 saturated heterocycles. The highest BCUT2D eigenvalue weighted by atomic mass is 16.8. The van der Waals surface area contributed by atoms with E-state index < -0.39 is 36.0 Å². The summed E-state index contributed by atoms with van der Waals surface area (Å²) in [6.45, 7) is 14.3. The Morgan fingerprint density at radius 3 is 1.82 bits per heavy atom. The molecule has 33 heavy (non-hydrogen) atoms. The Morgan fingerprint density at radius 2 is 1.36 bits per heavy atom. The van der Waals surface area contributed by atoms with E-state index >= 15 is 0 Å². The van der Waals surface area contributed by atoms with Crippen LogP contribution >= 0.6 is 0 Å². The van der Waals surface area contributed by atoms with Gasteiger partial charge in [-0.05, 0) is 47.6 Å². The van der Waals surface area contributed by atoms with E-state index in [2.05, 4.69) is 11.5 Å². The van der Waals surface area contributed by atoms with Crippen molar-refractivity contribution in [1.82, 2.24) is 4.90 Å². The Kier molecular flexibility index (Phi) is 10.3. The van der Waals surface area contributed by atoms with Crippen molar-refractivity contribution in [3.05, 3.63) is 12.7 Å². The first-order chi connectivity index (χ1) is 15.5. The van der Waals surface area contributed by atoms with Gasteiger partial charge in [-0.2, -0.15) is 0 Å². The van der Waals surface area contributed by atoms with Gasteiger partial charge in [0.05, 0.1) is 6.42 Å². The summed E-state index contributed by atoms with van der Waals surface area (Å²) in [5.41, 5.74) is 0. The molecule has 0 radical (unpaired) electrons. The zero-order chi connectivity index (χ0) is 24.6. The lowest BCUT2D eigenvalue weighted by atomic mass is 10.0. The van der Waals surface area contributed by atoms with Gasteiger partial charge in [-0.3, -0.25) is 9.59 Å². The molecule has 0 spiro atoms. The predicted molar refractivity (Wildman–Crippen MR) is 121 cm³/mol. The lowest BCUT2D eigenvalue weighted by molar-refractivity contribution is -0.175. The molecular weight excluding hydrogens is 430 g/mol. The monoisotopic (exact) mass is 471 g/mol. The molecule has 0 unspecified atom stereocenters. The number of carbonyl (C=O) groups excluding carboxylic acids is 2. The van der Waals surface area contributed by atoms with Crippen molar-refractivity contribution in [2.24, 2.45) is 0 Å². The summed E-state index contributed by atoms with van der Waals surface area (Å²) in [5, 5.41) is 0. The number of hydrogen-bond acceptors (Lipinski definition) is 9. The highest BCUT2D eigenvalue weighted by molar-refractivity contribution is 5.69. The van der Waals surface area contributed by atoms with Gasteiger partial charge in [-0.1, -0.05) is 13.0 Å². The molecule has 0 aromatic rings. The highest BCUT2D eigenvalue weighted by Gasteiger charge is 2.54. The van der Waals surface area contributed by atoms with Crippen molar-refractivity contribution in [1.29, 1.82) is 0 Å². The van der Waals surface area contributed by atoms with E-state index in [4.69, 9.17) is 28.4 Å². The van der Waals surface area contributed by atoms with E-state index in [1.165, 1.54) is 0 Å². The quantitative estimate of drug-likeness (QED) is 0.297. The molecule has 2 fully saturated rings. The zero-order valence-corrected chi connectivity index (χ0v) is 21.0. The van der Waals surface area contributed by atoms with Gasteiger partial charge in [0.1, 0.15) is 37.6 Å². The van der Waals surface area contributed by atoms with Crippen LogP contribution in [0.3, 0.4) is 0 Å². The molecule has 0 aliphatic carbocycles. The van der Waals surface area contributed by atoms with E-state index in [0.29, 0.717) is 19.4 Å². The highest BCUT2D eigenvalue weighted by Crippen LogP contribution is 2.38. The van der Waals surface area contributed by atoms with Gasteiger partial charge >= 0.3 is 11.9 Å². The molecule has 2 aliphatic rings. The minimum atomic E-state index is -0.883. The van der Waals surface area contributed by atoms with Crippen molar-refractivity contribution < 1.29 is 38.0 Å². The third-order valence-electron chi connectivity index (χ3n) is 5.45. The van der Waals surface area contributed by atoms with Gasteiger partial charge in [0.15, 0.2) is 11.6 Å². The average Bonchev–Trinajstić information content (AvgIpc) is 3.21. The minimum Gasteiger partial charge on any atom is -0.463 e. The predicted octanol–water partition coefficient (Wildman–Crippen LogP) is 2.81. The first-order valence-corrected chi connectivity index (χ1v) is 11.8. The number of nitrogens with zero attached hydrogens (tertiary/aromatic N) is 1. The van der Waals surface area contributed by atoms with Crippen LogP contribution in [0.5, 0.6) is 0 Å². The minimum absolute atomic E-state index is 0.0337. The van der Waals surface area contributed by atoms with Crippen molar-refractivity contribution in [3.63, 3.8) is 0 Å². The summed E-state index contributed by atoms with van der Waals surface area (Å²) in [7, 11) is 1.95. The summed E-state index contributed by atoms with van der Waals surface area (Å²) in [4.78, 5) is 26.2. The molecule has 0 aromatic heterocycles. The second-order valence-corrected chi connectivity index (χ2v) is 9.52. The first kappa shape index (κ1) is 27.7. The van der Waals surface area contributed by atoms with Gasteiger partial charge < -0.3 is 33.3 Å². The van der Waals surface area contributed by atoms with Gasteiger partial charge in [-0.15, -0.1) is 6.58 Å². The van der Waals surface area contributed by atoms with Gasteiger partial charge in [0, 0.05) is 19.5 Å². The van der Waals surface area contributed by atoms with Crippen LogP contribution in [0.15, 0.2) is 12.7 Å². The Hall–Kier alpha value is -1.52. The van der Waals surface area contributed by atoms with Crippen molar-refractivity contribution in [2.45, 2.75) is 96.3 Å². The maximum absolute atomic E-state index is 12.3. The maximum atomic E-state index is 12.3. The fourth-order valence-electron chi connectivity index (χ4n) is 3.95. The largest absolute Gasteiger partial charge is 0.463 e. The maximum Gasteiger partial charge on any atom is 0.307 e. The topological polar surface area (TPSA) is 92.8 Å². The van der Waals surface area contributed by atoms with Crippen LogP contribution in [0, 0.1) is 0 Å². The summed E-state index contributed by atoms with van der Waals surface area (Å²) in [6, 6.07) is 0. The normalized spacial score (nSPS) is 28.1. The van der Waals surface area contributed by atoms with Crippen molar-refractivity contribution in [3.8, 4) is 0 Å². The summed E-state index contributed by atoms with van der Waals surface area (Å²) in [6.07, 6.45) is 1.87. The molecule has 0 aromatic carbocycles. The van der Waals surface area contributed by atoms with Crippen LogP contribution in [0.25, 0.3) is 0 Å². The summed E-state index contributed by atoms with van der Waals surface area (Å²) >= 11 is 0. The Labute approximate surface area is 197 Å². The van der Waals surface area contributed by atoms with E-state index in [0.717, 1.165) is 13.0 Å². The SMILES string of the molecule is C=CCCN(C)CCC(=O)OC[C@@H]1OC(C)(C)O[C@H]1[C@H]1OC(C)(C)O[C@@H]1COC(=O)CCC. The number of rotatable bonds is 13. The Morgan fingerprint density at radius 1 is 0.879 bits per heavy atom. The molecule has 0 N–H and O–H groups in total. The van der Waals surface area contributed by atoms with Crippen LogP contribution < -0.4 is 0 Å². The van der Waals surface area contributed by atoms with Gasteiger partial charge in [0.2, 0.25) is 0 Å². The van der Waals surface area contributed by atoms with Crippen LogP contribution in [0.2, 0.25) is 0 Å². The molecule has 2 rings (SSSR count). The standard InChI is InChI=1S/C24H41NO8/c1-8-10-13-25(7)14-12-20(27)29-16-18-22(33-24(5,6)31-18)21-17(30-23(3,4)32-21)15-28-19(26)11-9-2/h8,17-18,21-22H,1,9-16H2,2-7H3/t17-,18+,21+,22-/m1/s1. The fraction of sp³-hybridized carbons (Fsp3) is 0.833. The molecular formula is C24H41NO8. The fourth-order valence-corrected chi connectivity index (χ4v) is 3.95. The number of ether oxygens (including phenoxy) is 6. The number of esters is 2. The van der Waals surface area contributed by atoms with E-state index in [9.17, 15) is 9.59 Å². The number of carbonyl (C=O) groups is 2. The van der Waals surface area contributed by atoms with Gasteiger partial charge in [0.25, 0.3) is 0 Å².